The Morgan fingerprint density at radius 3 is 2.71 bits per heavy atom. The standard InChI is InChI=1S/C17H19N3O/c21-15-11-17(12-19-15)6-9-20(10-7-17)16-14-4-2-1-3-13(14)5-8-18-16/h1-5,8H,6-7,9-12H2,(H,19,21). The molecule has 2 aromatic rings. The molecule has 1 N–H and O–H groups in total. The third-order valence-corrected chi connectivity index (χ3v) is 4.97. The van der Waals surface area contributed by atoms with Crippen LogP contribution in [0.2, 0.25) is 0 Å². The summed E-state index contributed by atoms with van der Waals surface area (Å²) in [6.45, 7) is 2.81. The molecule has 0 saturated carbocycles. The summed E-state index contributed by atoms with van der Waals surface area (Å²) >= 11 is 0. The van der Waals surface area contributed by atoms with Gasteiger partial charge in [-0.15, -0.1) is 0 Å². The first-order valence-corrected chi connectivity index (χ1v) is 7.61. The molecular weight excluding hydrogens is 262 g/mol. The van der Waals surface area contributed by atoms with E-state index in [-0.39, 0.29) is 11.3 Å². The molecular formula is C17H19N3O. The molecule has 2 fully saturated rings. The van der Waals surface area contributed by atoms with E-state index in [1.54, 1.807) is 0 Å². The van der Waals surface area contributed by atoms with E-state index in [0.717, 1.165) is 38.3 Å². The van der Waals surface area contributed by atoms with Crippen LogP contribution in [0.4, 0.5) is 5.82 Å². The van der Waals surface area contributed by atoms with Crippen LogP contribution >= 0.6 is 0 Å². The quantitative estimate of drug-likeness (QED) is 0.872. The number of anilines is 1. The third kappa shape index (κ3) is 2.15. The highest BCUT2D eigenvalue weighted by Gasteiger charge is 2.41. The molecule has 0 atom stereocenters. The molecule has 2 saturated heterocycles. The molecule has 0 bridgehead atoms. The van der Waals surface area contributed by atoms with Gasteiger partial charge in [0.25, 0.3) is 0 Å². The summed E-state index contributed by atoms with van der Waals surface area (Å²) in [4.78, 5) is 18.5. The van der Waals surface area contributed by atoms with Crippen molar-refractivity contribution in [3.05, 3.63) is 36.5 Å². The monoisotopic (exact) mass is 281 g/mol. The van der Waals surface area contributed by atoms with Gasteiger partial charge < -0.3 is 10.2 Å². The number of fused-ring (bicyclic) bond motifs is 1. The maximum Gasteiger partial charge on any atom is 0.220 e. The number of rotatable bonds is 1. The number of amides is 1. The van der Waals surface area contributed by atoms with E-state index in [1.165, 1.54) is 10.8 Å². The lowest BCUT2D eigenvalue weighted by Crippen LogP contribution is -2.41. The Morgan fingerprint density at radius 2 is 1.95 bits per heavy atom. The van der Waals surface area contributed by atoms with E-state index >= 15 is 0 Å². The summed E-state index contributed by atoms with van der Waals surface area (Å²) in [5.74, 6) is 1.30. The van der Waals surface area contributed by atoms with Crippen molar-refractivity contribution >= 4 is 22.5 Å². The number of nitrogens with one attached hydrogen (secondary N) is 1. The smallest absolute Gasteiger partial charge is 0.220 e. The minimum atomic E-state index is 0.193. The van der Waals surface area contributed by atoms with Crippen LogP contribution in [-0.4, -0.2) is 30.5 Å². The number of benzene rings is 1. The van der Waals surface area contributed by atoms with Crippen LogP contribution in [0, 0.1) is 5.41 Å². The molecule has 4 rings (SSSR count). The predicted octanol–water partition coefficient (Wildman–Crippen LogP) is 2.34. The Balaban J connectivity index is 1.59. The number of carbonyl (C=O) groups is 1. The lowest BCUT2D eigenvalue weighted by atomic mass is 9.77. The molecule has 3 heterocycles. The van der Waals surface area contributed by atoms with E-state index in [1.807, 2.05) is 6.20 Å². The number of carbonyl (C=O) groups excluding carboxylic acids is 1. The van der Waals surface area contributed by atoms with Gasteiger partial charge in [-0.25, -0.2) is 4.98 Å². The average Bonchev–Trinajstić information content (AvgIpc) is 2.88. The largest absolute Gasteiger partial charge is 0.356 e. The molecule has 2 aliphatic heterocycles. The Hall–Kier alpha value is -2.10. The summed E-state index contributed by atoms with van der Waals surface area (Å²) in [7, 11) is 0. The van der Waals surface area contributed by atoms with Crippen LogP contribution < -0.4 is 10.2 Å². The molecule has 1 aromatic carbocycles. The summed E-state index contributed by atoms with van der Waals surface area (Å²) in [6, 6.07) is 10.5. The van der Waals surface area contributed by atoms with Crippen molar-refractivity contribution in [1.82, 2.24) is 10.3 Å². The van der Waals surface area contributed by atoms with Crippen LogP contribution in [0.15, 0.2) is 36.5 Å². The van der Waals surface area contributed by atoms with Crippen molar-refractivity contribution in [2.24, 2.45) is 5.41 Å². The van der Waals surface area contributed by atoms with E-state index in [0.29, 0.717) is 6.42 Å². The molecule has 4 heteroatoms. The maximum atomic E-state index is 11.5. The molecule has 1 amide bonds. The van der Waals surface area contributed by atoms with E-state index in [9.17, 15) is 4.79 Å². The van der Waals surface area contributed by atoms with Crippen molar-refractivity contribution in [3.63, 3.8) is 0 Å². The number of piperidine rings is 1. The van der Waals surface area contributed by atoms with Crippen LogP contribution in [-0.2, 0) is 4.79 Å². The van der Waals surface area contributed by atoms with Crippen molar-refractivity contribution in [3.8, 4) is 0 Å². The van der Waals surface area contributed by atoms with Gasteiger partial charge in [-0.2, -0.15) is 0 Å². The molecule has 0 radical (unpaired) electrons. The molecule has 21 heavy (non-hydrogen) atoms. The zero-order valence-electron chi connectivity index (χ0n) is 12.0. The van der Waals surface area contributed by atoms with Gasteiger partial charge in [0.05, 0.1) is 0 Å². The summed E-state index contributed by atoms with van der Waals surface area (Å²) in [6.07, 6.45) is 4.72. The highest BCUT2D eigenvalue weighted by Crippen LogP contribution is 2.39. The van der Waals surface area contributed by atoms with Crippen molar-refractivity contribution in [2.45, 2.75) is 19.3 Å². The second-order valence-corrected chi connectivity index (χ2v) is 6.30. The molecule has 108 valence electrons. The van der Waals surface area contributed by atoms with Crippen LogP contribution in [0.3, 0.4) is 0 Å². The average molecular weight is 281 g/mol. The highest BCUT2D eigenvalue weighted by molar-refractivity contribution is 5.92. The van der Waals surface area contributed by atoms with E-state index in [4.69, 9.17) is 0 Å². The summed E-state index contributed by atoms with van der Waals surface area (Å²) < 4.78 is 0. The Morgan fingerprint density at radius 1 is 1.14 bits per heavy atom. The first-order chi connectivity index (χ1) is 10.3. The predicted molar refractivity (Wildman–Crippen MR) is 83.2 cm³/mol. The van der Waals surface area contributed by atoms with E-state index < -0.39 is 0 Å². The van der Waals surface area contributed by atoms with Crippen molar-refractivity contribution in [2.75, 3.05) is 24.5 Å². The van der Waals surface area contributed by atoms with Crippen molar-refractivity contribution in [1.29, 1.82) is 0 Å². The van der Waals surface area contributed by atoms with E-state index in [2.05, 4.69) is 45.5 Å². The zero-order chi connectivity index (χ0) is 14.3. The van der Waals surface area contributed by atoms with Gasteiger partial charge >= 0.3 is 0 Å². The topological polar surface area (TPSA) is 45.2 Å². The van der Waals surface area contributed by atoms with Gasteiger partial charge in [0, 0.05) is 37.6 Å². The molecule has 4 nitrogen and oxygen atoms in total. The van der Waals surface area contributed by atoms with Gasteiger partial charge in [0.15, 0.2) is 0 Å². The number of hydrogen-bond acceptors (Lipinski definition) is 3. The van der Waals surface area contributed by atoms with Crippen LogP contribution in [0.5, 0.6) is 0 Å². The fourth-order valence-electron chi connectivity index (χ4n) is 3.65. The van der Waals surface area contributed by atoms with Gasteiger partial charge in [-0.3, -0.25) is 4.79 Å². The van der Waals surface area contributed by atoms with Crippen LogP contribution in [0.1, 0.15) is 19.3 Å². The first-order valence-electron chi connectivity index (χ1n) is 7.61. The number of aromatic nitrogens is 1. The van der Waals surface area contributed by atoms with Gasteiger partial charge in [0.2, 0.25) is 5.91 Å². The second kappa shape index (κ2) is 4.72. The lowest BCUT2D eigenvalue weighted by Gasteiger charge is -2.39. The summed E-state index contributed by atoms with van der Waals surface area (Å²) in [5.41, 5.74) is 0.193. The lowest BCUT2D eigenvalue weighted by molar-refractivity contribution is -0.119. The molecule has 0 aliphatic carbocycles. The minimum Gasteiger partial charge on any atom is -0.356 e. The molecule has 1 spiro atoms. The number of pyridine rings is 1. The highest BCUT2D eigenvalue weighted by atomic mass is 16.1. The number of nitrogens with zero attached hydrogens (tertiary/aromatic N) is 2. The van der Waals surface area contributed by atoms with Gasteiger partial charge in [0.1, 0.15) is 5.82 Å². The van der Waals surface area contributed by atoms with Crippen LogP contribution in [0.25, 0.3) is 10.8 Å². The summed E-state index contributed by atoms with van der Waals surface area (Å²) in [5, 5.41) is 5.45. The van der Waals surface area contributed by atoms with Gasteiger partial charge in [-0.05, 0) is 29.7 Å². The Bertz CT molecular complexity index is 684. The SMILES string of the molecule is O=C1CC2(CCN(c3nccc4ccccc34)CC2)CN1. The normalized spacial score (nSPS) is 21.0. The Kier molecular flexibility index (Phi) is 2.84. The molecule has 2 aliphatic rings. The molecule has 0 unspecified atom stereocenters. The third-order valence-electron chi connectivity index (χ3n) is 4.97. The Labute approximate surface area is 124 Å². The fourth-order valence-corrected chi connectivity index (χ4v) is 3.65. The first kappa shape index (κ1) is 12.6. The number of hydrogen-bond donors (Lipinski definition) is 1. The van der Waals surface area contributed by atoms with Gasteiger partial charge in [-0.1, -0.05) is 24.3 Å². The molecule has 1 aromatic heterocycles. The maximum absolute atomic E-state index is 11.5. The zero-order valence-corrected chi connectivity index (χ0v) is 12.0. The second-order valence-electron chi connectivity index (χ2n) is 6.30. The van der Waals surface area contributed by atoms with Crippen molar-refractivity contribution < 1.29 is 4.79 Å². The fraction of sp³-hybridized carbons (Fsp3) is 0.412. The minimum absolute atomic E-state index is 0.193.